The van der Waals surface area contributed by atoms with Crippen molar-refractivity contribution in [3.05, 3.63) is 59.1 Å². The zero-order valence-electron chi connectivity index (χ0n) is 14.1. The molecule has 128 valence electrons. The smallest absolute Gasteiger partial charge is 0.253 e. The summed E-state index contributed by atoms with van der Waals surface area (Å²) in [6.45, 7) is 1.55. The number of aromatic nitrogens is 1. The lowest BCUT2D eigenvalue weighted by atomic mass is 9.98. The highest BCUT2D eigenvalue weighted by molar-refractivity contribution is 7.18. The summed E-state index contributed by atoms with van der Waals surface area (Å²) in [4.78, 5) is 19.6. The first-order valence-electron chi connectivity index (χ1n) is 8.53. The van der Waals surface area contributed by atoms with Gasteiger partial charge in [-0.1, -0.05) is 12.1 Å². The minimum Gasteiger partial charge on any atom is -0.497 e. The van der Waals surface area contributed by atoms with E-state index in [1.165, 1.54) is 4.70 Å². The van der Waals surface area contributed by atoms with Crippen LogP contribution in [0.5, 0.6) is 5.75 Å². The number of methoxy groups -OCH3 is 1. The molecular weight excluding hydrogens is 332 g/mol. The summed E-state index contributed by atoms with van der Waals surface area (Å²) in [5.74, 6) is 1.18. The number of benzene rings is 2. The number of hydrogen-bond donors (Lipinski definition) is 0. The van der Waals surface area contributed by atoms with Crippen molar-refractivity contribution in [1.29, 1.82) is 0 Å². The summed E-state index contributed by atoms with van der Waals surface area (Å²) in [7, 11) is 1.63. The third kappa shape index (κ3) is 3.24. The minimum atomic E-state index is 0.0912. The van der Waals surface area contributed by atoms with Gasteiger partial charge in [0.15, 0.2) is 0 Å². The van der Waals surface area contributed by atoms with Gasteiger partial charge in [0.05, 0.1) is 22.3 Å². The molecule has 0 saturated carbocycles. The number of rotatable bonds is 3. The van der Waals surface area contributed by atoms with Gasteiger partial charge >= 0.3 is 0 Å². The molecule has 0 radical (unpaired) electrons. The van der Waals surface area contributed by atoms with E-state index in [0.29, 0.717) is 11.5 Å². The van der Waals surface area contributed by atoms with E-state index in [2.05, 4.69) is 12.1 Å². The van der Waals surface area contributed by atoms with Crippen LogP contribution in [0, 0.1) is 0 Å². The molecule has 2 aromatic carbocycles. The van der Waals surface area contributed by atoms with Crippen LogP contribution in [0.15, 0.2) is 48.5 Å². The van der Waals surface area contributed by atoms with Crippen molar-refractivity contribution in [2.45, 2.75) is 18.8 Å². The van der Waals surface area contributed by atoms with Crippen LogP contribution in [0.25, 0.3) is 10.2 Å². The van der Waals surface area contributed by atoms with Crippen LogP contribution in [-0.2, 0) is 0 Å². The van der Waals surface area contributed by atoms with Gasteiger partial charge in [-0.05, 0) is 49.2 Å². The van der Waals surface area contributed by atoms with E-state index in [4.69, 9.17) is 9.72 Å². The number of fused-ring (bicyclic) bond motifs is 1. The normalized spacial score (nSPS) is 17.6. The number of carbonyl (C=O) groups excluding carboxylic acids is 1. The molecule has 5 heteroatoms. The maximum atomic E-state index is 12.8. The van der Waals surface area contributed by atoms with Crippen molar-refractivity contribution in [2.24, 2.45) is 0 Å². The summed E-state index contributed by atoms with van der Waals surface area (Å²) in [6.07, 6.45) is 2.11. The molecule has 1 atom stereocenters. The number of likely N-dealkylation sites (tertiary alicyclic amines) is 1. The number of carbonyl (C=O) groups is 1. The van der Waals surface area contributed by atoms with E-state index >= 15 is 0 Å². The van der Waals surface area contributed by atoms with Gasteiger partial charge in [0.25, 0.3) is 5.91 Å². The largest absolute Gasteiger partial charge is 0.497 e. The zero-order chi connectivity index (χ0) is 17.2. The van der Waals surface area contributed by atoms with E-state index in [1.54, 1.807) is 18.4 Å². The molecule has 1 saturated heterocycles. The van der Waals surface area contributed by atoms with Crippen molar-refractivity contribution in [3.63, 3.8) is 0 Å². The highest BCUT2D eigenvalue weighted by Gasteiger charge is 2.27. The molecule has 4 nitrogen and oxygen atoms in total. The van der Waals surface area contributed by atoms with Crippen LogP contribution in [0.4, 0.5) is 0 Å². The Bertz CT molecular complexity index is 855. The van der Waals surface area contributed by atoms with Crippen LogP contribution in [0.3, 0.4) is 0 Å². The Hall–Kier alpha value is -2.40. The van der Waals surface area contributed by atoms with E-state index in [0.717, 1.165) is 42.2 Å². The van der Waals surface area contributed by atoms with Gasteiger partial charge < -0.3 is 9.64 Å². The Kier molecular flexibility index (Phi) is 4.40. The van der Waals surface area contributed by atoms with E-state index in [1.807, 2.05) is 41.3 Å². The molecule has 0 aliphatic carbocycles. The van der Waals surface area contributed by atoms with Crippen LogP contribution in [-0.4, -0.2) is 36.0 Å². The average molecular weight is 352 g/mol. The molecule has 1 aliphatic heterocycles. The highest BCUT2D eigenvalue weighted by Crippen LogP contribution is 2.33. The number of thiazole rings is 1. The maximum absolute atomic E-state index is 12.8. The first-order valence-corrected chi connectivity index (χ1v) is 9.35. The van der Waals surface area contributed by atoms with Gasteiger partial charge in [-0.2, -0.15) is 0 Å². The van der Waals surface area contributed by atoms with Crippen molar-refractivity contribution < 1.29 is 9.53 Å². The SMILES string of the molecule is COc1ccc(C(=O)N2CCC[C@H](c3nc4ccccc4s3)C2)cc1. The number of amides is 1. The maximum Gasteiger partial charge on any atom is 0.253 e. The predicted molar refractivity (Wildman–Crippen MR) is 100 cm³/mol. The third-order valence-corrected chi connectivity index (χ3v) is 5.90. The second-order valence-electron chi connectivity index (χ2n) is 6.34. The Balaban J connectivity index is 1.52. The molecule has 0 N–H and O–H groups in total. The fraction of sp³-hybridized carbons (Fsp3) is 0.300. The standard InChI is InChI=1S/C20H20N2O2S/c1-24-16-10-8-14(9-11-16)20(23)22-12-4-5-15(13-22)19-21-17-6-2-3-7-18(17)25-19/h2-3,6-11,15H,4-5,12-13H2,1H3/t15-/m0/s1. The van der Waals surface area contributed by atoms with Gasteiger partial charge in [-0.25, -0.2) is 4.98 Å². The number of ether oxygens (including phenoxy) is 1. The first kappa shape index (κ1) is 16.1. The summed E-state index contributed by atoms with van der Waals surface area (Å²) < 4.78 is 6.38. The Morgan fingerprint density at radius 1 is 1.20 bits per heavy atom. The Morgan fingerprint density at radius 3 is 2.76 bits per heavy atom. The zero-order valence-corrected chi connectivity index (χ0v) is 15.0. The number of nitrogens with zero attached hydrogens (tertiary/aromatic N) is 2. The summed E-state index contributed by atoms with van der Waals surface area (Å²) in [5, 5.41) is 1.15. The average Bonchev–Trinajstić information content (AvgIpc) is 3.12. The van der Waals surface area contributed by atoms with E-state index in [9.17, 15) is 4.79 Å². The molecule has 0 unspecified atom stereocenters. The molecule has 1 amide bonds. The summed E-state index contributed by atoms with van der Waals surface area (Å²) in [5.41, 5.74) is 1.77. The van der Waals surface area contributed by atoms with E-state index in [-0.39, 0.29) is 5.91 Å². The fourth-order valence-corrected chi connectivity index (χ4v) is 4.44. The molecule has 25 heavy (non-hydrogen) atoms. The lowest BCUT2D eigenvalue weighted by Gasteiger charge is -2.32. The van der Waals surface area contributed by atoms with Crippen molar-refractivity contribution in [3.8, 4) is 5.75 Å². The van der Waals surface area contributed by atoms with Gasteiger partial charge in [-0.15, -0.1) is 11.3 Å². The Morgan fingerprint density at radius 2 is 2.00 bits per heavy atom. The van der Waals surface area contributed by atoms with Crippen molar-refractivity contribution in [2.75, 3.05) is 20.2 Å². The molecule has 1 aliphatic rings. The topological polar surface area (TPSA) is 42.4 Å². The number of hydrogen-bond acceptors (Lipinski definition) is 4. The molecule has 0 spiro atoms. The molecule has 3 aromatic rings. The summed E-state index contributed by atoms with van der Waals surface area (Å²) in [6, 6.07) is 15.6. The number of piperidine rings is 1. The summed E-state index contributed by atoms with van der Waals surface area (Å²) >= 11 is 1.75. The van der Waals surface area contributed by atoms with Crippen molar-refractivity contribution >= 4 is 27.5 Å². The third-order valence-electron chi connectivity index (χ3n) is 4.71. The van der Waals surface area contributed by atoms with Gasteiger partial charge in [0, 0.05) is 24.6 Å². The van der Waals surface area contributed by atoms with E-state index < -0.39 is 0 Å². The molecular formula is C20H20N2O2S. The van der Waals surface area contributed by atoms with Crippen LogP contribution >= 0.6 is 11.3 Å². The van der Waals surface area contributed by atoms with Crippen LogP contribution in [0.1, 0.15) is 34.1 Å². The quantitative estimate of drug-likeness (QED) is 0.705. The Labute approximate surface area is 151 Å². The van der Waals surface area contributed by atoms with Crippen molar-refractivity contribution in [1.82, 2.24) is 9.88 Å². The van der Waals surface area contributed by atoms with Gasteiger partial charge in [0.1, 0.15) is 5.75 Å². The molecule has 4 rings (SSSR count). The van der Waals surface area contributed by atoms with Crippen LogP contribution < -0.4 is 4.74 Å². The number of para-hydroxylation sites is 1. The molecule has 1 aromatic heterocycles. The second kappa shape index (κ2) is 6.84. The van der Waals surface area contributed by atoms with Crippen LogP contribution in [0.2, 0.25) is 0 Å². The van der Waals surface area contributed by atoms with Gasteiger partial charge in [0.2, 0.25) is 0 Å². The minimum absolute atomic E-state index is 0.0912. The second-order valence-corrected chi connectivity index (χ2v) is 7.40. The first-order chi connectivity index (χ1) is 12.2. The fourth-order valence-electron chi connectivity index (χ4n) is 3.34. The van der Waals surface area contributed by atoms with Gasteiger partial charge in [-0.3, -0.25) is 4.79 Å². The lowest BCUT2D eigenvalue weighted by molar-refractivity contribution is 0.0707. The lowest BCUT2D eigenvalue weighted by Crippen LogP contribution is -2.39. The predicted octanol–water partition coefficient (Wildman–Crippen LogP) is 4.32. The monoisotopic (exact) mass is 352 g/mol. The molecule has 0 bridgehead atoms. The highest BCUT2D eigenvalue weighted by atomic mass is 32.1. The molecule has 1 fully saturated rings. The molecule has 2 heterocycles.